The molecule has 0 spiro atoms. The number of hydrogen-bond donors (Lipinski definition) is 1. The first-order chi connectivity index (χ1) is 6.83. The van der Waals surface area contributed by atoms with E-state index in [4.69, 9.17) is 0 Å². The van der Waals surface area contributed by atoms with Crippen LogP contribution in [0.5, 0.6) is 0 Å². The lowest BCUT2D eigenvalue weighted by atomic mass is 10.4. The quantitative estimate of drug-likeness (QED) is 0.751. The summed E-state index contributed by atoms with van der Waals surface area (Å²) in [5.74, 6) is 0.876. The minimum atomic E-state index is 0.876. The number of hydrogen-bond acceptors (Lipinski definition) is 3. The summed E-state index contributed by atoms with van der Waals surface area (Å²) in [5.41, 5.74) is 0.953. The van der Waals surface area contributed by atoms with E-state index in [0.29, 0.717) is 0 Å². The Hall–Kier alpha value is -1.58. The summed E-state index contributed by atoms with van der Waals surface area (Å²) in [4.78, 5) is 8.26. The van der Waals surface area contributed by atoms with E-state index in [2.05, 4.69) is 15.3 Å². The average Bonchev–Trinajstić information content (AvgIpc) is 2.64. The normalized spacial score (nSPS) is 9.43. The maximum atomic E-state index is 4.16. The Morgan fingerprint density at radius 1 is 1.29 bits per heavy atom. The molecule has 4 nitrogen and oxygen atoms in total. The second kappa shape index (κ2) is 4.60. The van der Waals surface area contributed by atoms with Gasteiger partial charge in [0.05, 0.1) is 5.39 Å². The van der Waals surface area contributed by atoms with Crippen LogP contribution in [0.4, 0.5) is 5.82 Å². The maximum Gasteiger partial charge on any atom is 0.145 e. The Bertz CT molecular complexity index is 405. The number of nitrogens with zero attached hydrogens (tertiary/aromatic N) is 3. The lowest BCUT2D eigenvalue weighted by Crippen LogP contribution is -1.95. The first-order valence-corrected chi connectivity index (χ1v) is 4.76. The Labute approximate surface area is 84.0 Å². The van der Waals surface area contributed by atoms with Gasteiger partial charge in [0, 0.05) is 20.3 Å². The van der Waals surface area contributed by atoms with Crippen molar-refractivity contribution in [3.05, 3.63) is 18.6 Å². The third kappa shape index (κ3) is 1.69. The zero-order chi connectivity index (χ0) is 10.6. The molecule has 2 aromatic heterocycles. The molecular formula is C10H16N4. The molecule has 0 fully saturated rings. The topological polar surface area (TPSA) is 42.7 Å². The van der Waals surface area contributed by atoms with Crippen molar-refractivity contribution in [2.45, 2.75) is 13.8 Å². The molecule has 0 aliphatic heterocycles. The largest absolute Gasteiger partial charge is 0.372 e. The Morgan fingerprint density at radius 2 is 2.00 bits per heavy atom. The summed E-state index contributed by atoms with van der Waals surface area (Å²) < 4.78 is 1.97. The van der Waals surface area contributed by atoms with E-state index >= 15 is 0 Å². The monoisotopic (exact) mass is 192 g/mol. The minimum absolute atomic E-state index is 0.876. The number of aromatic nitrogens is 3. The van der Waals surface area contributed by atoms with Crippen LogP contribution in [0.15, 0.2) is 18.6 Å². The Balaban J connectivity index is 0.000000461. The fourth-order valence-corrected chi connectivity index (χ4v) is 1.28. The molecule has 2 rings (SSSR count). The van der Waals surface area contributed by atoms with Gasteiger partial charge in [0.15, 0.2) is 0 Å². The molecular weight excluding hydrogens is 176 g/mol. The molecule has 2 heterocycles. The number of fused-ring (bicyclic) bond motifs is 1. The van der Waals surface area contributed by atoms with Crippen LogP contribution in [-0.4, -0.2) is 21.6 Å². The lowest BCUT2D eigenvalue weighted by molar-refractivity contribution is 0.944. The summed E-state index contributed by atoms with van der Waals surface area (Å²) in [5, 5.41) is 4.08. The number of anilines is 1. The fraction of sp³-hybridized carbons (Fsp3) is 0.400. The van der Waals surface area contributed by atoms with Gasteiger partial charge in [0.1, 0.15) is 17.8 Å². The standard InChI is InChI=1S/C8H10N4.C2H6/c1-9-7-6-3-4-12(2)8(6)11-5-10-7;1-2/h3-5H,1-2H3,(H,9,10,11);1-2H3. The Kier molecular flexibility index (Phi) is 3.45. The molecule has 0 saturated heterocycles. The number of nitrogens with one attached hydrogen (secondary N) is 1. The van der Waals surface area contributed by atoms with Gasteiger partial charge in [0.2, 0.25) is 0 Å². The van der Waals surface area contributed by atoms with Crippen LogP contribution in [0.1, 0.15) is 13.8 Å². The van der Waals surface area contributed by atoms with Crippen LogP contribution < -0.4 is 5.32 Å². The molecule has 0 aromatic carbocycles. The highest BCUT2D eigenvalue weighted by atomic mass is 15.1. The lowest BCUT2D eigenvalue weighted by Gasteiger charge is -1.99. The second-order valence-electron chi connectivity index (χ2n) is 2.64. The van der Waals surface area contributed by atoms with Gasteiger partial charge in [-0.05, 0) is 6.07 Å². The van der Waals surface area contributed by atoms with E-state index in [0.717, 1.165) is 16.9 Å². The van der Waals surface area contributed by atoms with Gasteiger partial charge >= 0.3 is 0 Å². The van der Waals surface area contributed by atoms with Gasteiger partial charge in [-0.1, -0.05) is 13.8 Å². The Morgan fingerprint density at radius 3 is 2.64 bits per heavy atom. The summed E-state index contributed by atoms with van der Waals surface area (Å²) in [7, 11) is 3.82. The van der Waals surface area contributed by atoms with E-state index in [1.807, 2.05) is 44.8 Å². The number of rotatable bonds is 1. The van der Waals surface area contributed by atoms with Gasteiger partial charge < -0.3 is 9.88 Å². The highest BCUT2D eigenvalue weighted by molar-refractivity contribution is 5.87. The van der Waals surface area contributed by atoms with Crippen molar-refractivity contribution in [3.63, 3.8) is 0 Å². The predicted molar refractivity (Wildman–Crippen MR) is 59.4 cm³/mol. The molecule has 4 heteroatoms. The van der Waals surface area contributed by atoms with Gasteiger partial charge in [-0.2, -0.15) is 0 Å². The van der Waals surface area contributed by atoms with Crippen molar-refractivity contribution in [1.82, 2.24) is 14.5 Å². The maximum absolute atomic E-state index is 4.16. The van der Waals surface area contributed by atoms with Crippen molar-refractivity contribution in [2.24, 2.45) is 7.05 Å². The van der Waals surface area contributed by atoms with Crippen molar-refractivity contribution in [3.8, 4) is 0 Å². The van der Waals surface area contributed by atoms with Crippen molar-refractivity contribution < 1.29 is 0 Å². The molecule has 0 unspecified atom stereocenters. The molecule has 0 amide bonds. The van der Waals surface area contributed by atoms with Gasteiger partial charge in [-0.25, -0.2) is 9.97 Å². The minimum Gasteiger partial charge on any atom is -0.372 e. The van der Waals surface area contributed by atoms with E-state index in [-0.39, 0.29) is 0 Å². The van der Waals surface area contributed by atoms with Gasteiger partial charge in [0.25, 0.3) is 0 Å². The van der Waals surface area contributed by atoms with Crippen LogP contribution in [0.2, 0.25) is 0 Å². The van der Waals surface area contributed by atoms with Crippen molar-refractivity contribution >= 4 is 16.9 Å². The summed E-state index contributed by atoms with van der Waals surface area (Å²) in [6, 6.07) is 2.00. The first-order valence-electron chi connectivity index (χ1n) is 4.76. The van der Waals surface area contributed by atoms with Crippen LogP contribution in [0, 0.1) is 0 Å². The highest BCUT2D eigenvalue weighted by Crippen LogP contribution is 2.18. The second-order valence-corrected chi connectivity index (χ2v) is 2.64. The molecule has 76 valence electrons. The molecule has 0 radical (unpaired) electrons. The molecule has 1 N–H and O–H groups in total. The molecule has 0 aliphatic rings. The van der Waals surface area contributed by atoms with Crippen LogP contribution in [-0.2, 0) is 7.05 Å². The third-order valence-electron chi connectivity index (χ3n) is 1.90. The van der Waals surface area contributed by atoms with Crippen LogP contribution in [0.3, 0.4) is 0 Å². The van der Waals surface area contributed by atoms with Crippen molar-refractivity contribution in [1.29, 1.82) is 0 Å². The molecule has 0 bridgehead atoms. The zero-order valence-electron chi connectivity index (χ0n) is 9.07. The highest BCUT2D eigenvalue weighted by Gasteiger charge is 2.03. The average molecular weight is 192 g/mol. The summed E-state index contributed by atoms with van der Waals surface area (Å²) in [6.07, 6.45) is 3.54. The summed E-state index contributed by atoms with van der Waals surface area (Å²) in [6.45, 7) is 4.00. The number of aryl methyl sites for hydroxylation is 1. The molecule has 0 atom stereocenters. The molecule has 0 saturated carbocycles. The van der Waals surface area contributed by atoms with E-state index in [9.17, 15) is 0 Å². The van der Waals surface area contributed by atoms with Gasteiger partial charge in [-0.3, -0.25) is 0 Å². The fourth-order valence-electron chi connectivity index (χ4n) is 1.28. The molecule has 2 aromatic rings. The van der Waals surface area contributed by atoms with E-state index in [1.165, 1.54) is 0 Å². The van der Waals surface area contributed by atoms with Crippen LogP contribution >= 0.6 is 0 Å². The third-order valence-corrected chi connectivity index (χ3v) is 1.90. The van der Waals surface area contributed by atoms with Gasteiger partial charge in [-0.15, -0.1) is 0 Å². The molecule has 14 heavy (non-hydrogen) atoms. The van der Waals surface area contributed by atoms with E-state index < -0.39 is 0 Å². The first kappa shape index (κ1) is 10.5. The molecule has 0 aliphatic carbocycles. The zero-order valence-corrected chi connectivity index (χ0v) is 9.07. The smallest absolute Gasteiger partial charge is 0.145 e. The SMILES string of the molecule is CC.CNc1ncnc2c1ccn2C. The van der Waals surface area contributed by atoms with Crippen LogP contribution in [0.25, 0.3) is 11.0 Å². The van der Waals surface area contributed by atoms with E-state index in [1.54, 1.807) is 6.33 Å². The predicted octanol–water partition coefficient (Wildman–Crippen LogP) is 2.04. The van der Waals surface area contributed by atoms with Crippen molar-refractivity contribution in [2.75, 3.05) is 12.4 Å². The summed E-state index contributed by atoms with van der Waals surface area (Å²) >= 11 is 0.